The first-order valence-electron chi connectivity index (χ1n) is 5.67. The molecule has 0 heterocycles. The molecule has 2 heteroatoms. The summed E-state index contributed by atoms with van der Waals surface area (Å²) in [5, 5.41) is 3.55. The highest BCUT2D eigenvalue weighted by atomic mass is 79.9. The van der Waals surface area contributed by atoms with E-state index in [-0.39, 0.29) is 0 Å². The first-order chi connectivity index (χ1) is 7.19. The predicted octanol–water partition coefficient (Wildman–Crippen LogP) is 4.15. The first kappa shape index (κ1) is 12.7. The first-order valence-corrected chi connectivity index (χ1v) is 6.47. The molecule has 1 N–H and O–H groups in total. The van der Waals surface area contributed by atoms with E-state index < -0.39 is 0 Å². The smallest absolute Gasteiger partial charge is 0.0345 e. The van der Waals surface area contributed by atoms with Crippen molar-refractivity contribution in [2.45, 2.75) is 33.2 Å². The lowest BCUT2D eigenvalue weighted by Crippen LogP contribution is -2.26. The molecule has 0 fully saturated rings. The zero-order valence-electron chi connectivity index (χ0n) is 9.76. The van der Waals surface area contributed by atoms with E-state index in [0.29, 0.717) is 12.0 Å². The van der Waals surface area contributed by atoms with Gasteiger partial charge in [0, 0.05) is 10.5 Å². The molecular formula is C13H20BrN. The van der Waals surface area contributed by atoms with Gasteiger partial charge in [0.25, 0.3) is 0 Å². The van der Waals surface area contributed by atoms with Crippen molar-refractivity contribution in [2.24, 2.45) is 5.92 Å². The summed E-state index contributed by atoms with van der Waals surface area (Å²) in [4.78, 5) is 0. The standard InChI is InChI=1S/C13H20BrN/c1-4-10(3)13(15-5-2)11-6-8-12(14)9-7-11/h6-10,13,15H,4-5H2,1-3H3. The van der Waals surface area contributed by atoms with Gasteiger partial charge in [0.1, 0.15) is 0 Å². The maximum absolute atomic E-state index is 3.55. The molecule has 0 aliphatic heterocycles. The van der Waals surface area contributed by atoms with Crippen molar-refractivity contribution in [1.29, 1.82) is 0 Å². The number of hydrogen-bond acceptors (Lipinski definition) is 1. The van der Waals surface area contributed by atoms with Crippen molar-refractivity contribution in [3.8, 4) is 0 Å². The van der Waals surface area contributed by atoms with Gasteiger partial charge in [-0.1, -0.05) is 55.3 Å². The molecule has 0 amide bonds. The minimum Gasteiger partial charge on any atom is -0.310 e. The molecule has 0 radical (unpaired) electrons. The molecule has 84 valence electrons. The zero-order chi connectivity index (χ0) is 11.3. The summed E-state index contributed by atoms with van der Waals surface area (Å²) in [6, 6.07) is 9.10. The molecule has 0 aromatic heterocycles. The normalized spacial score (nSPS) is 14.9. The second-order valence-corrected chi connectivity index (χ2v) is 4.89. The number of rotatable bonds is 5. The van der Waals surface area contributed by atoms with Crippen molar-refractivity contribution in [3.05, 3.63) is 34.3 Å². The van der Waals surface area contributed by atoms with Gasteiger partial charge in [-0.05, 0) is 30.2 Å². The summed E-state index contributed by atoms with van der Waals surface area (Å²) >= 11 is 3.47. The van der Waals surface area contributed by atoms with Gasteiger partial charge in [-0.25, -0.2) is 0 Å². The summed E-state index contributed by atoms with van der Waals surface area (Å²) in [5.74, 6) is 0.672. The summed E-state index contributed by atoms with van der Waals surface area (Å²) < 4.78 is 1.14. The second-order valence-electron chi connectivity index (χ2n) is 3.97. The van der Waals surface area contributed by atoms with Crippen LogP contribution in [0, 0.1) is 5.92 Å². The van der Waals surface area contributed by atoms with Crippen molar-refractivity contribution in [2.75, 3.05) is 6.54 Å². The van der Waals surface area contributed by atoms with Crippen LogP contribution in [0.15, 0.2) is 28.7 Å². The van der Waals surface area contributed by atoms with E-state index in [9.17, 15) is 0 Å². The Bertz CT molecular complexity index is 281. The van der Waals surface area contributed by atoms with Crippen LogP contribution in [0.2, 0.25) is 0 Å². The van der Waals surface area contributed by atoms with Crippen molar-refractivity contribution >= 4 is 15.9 Å². The maximum Gasteiger partial charge on any atom is 0.0345 e. The highest BCUT2D eigenvalue weighted by Gasteiger charge is 2.16. The zero-order valence-corrected chi connectivity index (χ0v) is 11.3. The minimum atomic E-state index is 0.480. The SMILES string of the molecule is CCNC(c1ccc(Br)cc1)C(C)CC. The van der Waals surface area contributed by atoms with Gasteiger partial charge in [-0.3, -0.25) is 0 Å². The van der Waals surface area contributed by atoms with E-state index in [1.807, 2.05) is 0 Å². The number of halogens is 1. The molecule has 0 bridgehead atoms. The van der Waals surface area contributed by atoms with E-state index in [1.54, 1.807) is 0 Å². The molecule has 0 saturated heterocycles. The Morgan fingerprint density at radius 1 is 1.20 bits per heavy atom. The van der Waals surface area contributed by atoms with Gasteiger partial charge in [0.2, 0.25) is 0 Å². The summed E-state index contributed by atoms with van der Waals surface area (Å²) in [6.45, 7) is 7.72. The van der Waals surface area contributed by atoms with Crippen LogP contribution in [0.5, 0.6) is 0 Å². The highest BCUT2D eigenvalue weighted by Crippen LogP contribution is 2.25. The number of benzene rings is 1. The average Bonchev–Trinajstić information content (AvgIpc) is 2.26. The van der Waals surface area contributed by atoms with Crippen LogP contribution in [-0.4, -0.2) is 6.54 Å². The number of hydrogen-bond donors (Lipinski definition) is 1. The van der Waals surface area contributed by atoms with Gasteiger partial charge in [-0.15, -0.1) is 0 Å². The average molecular weight is 270 g/mol. The fourth-order valence-corrected chi connectivity index (χ4v) is 2.04. The second kappa shape index (κ2) is 6.29. The fourth-order valence-electron chi connectivity index (χ4n) is 1.77. The molecular weight excluding hydrogens is 250 g/mol. The van der Waals surface area contributed by atoms with E-state index in [2.05, 4.69) is 66.3 Å². The highest BCUT2D eigenvalue weighted by molar-refractivity contribution is 9.10. The Morgan fingerprint density at radius 3 is 2.27 bits per heavy atom. The van der Waals surface area contributed by atoms with Crippen LogP contribution in [-0.2, 0) is 0 Å². The van der Waals surface area contributed by atoms with E-state index in [4.69, 9.17) is 0 Å². The Hall–Kier alpha value is -0.340. The van der Waals surface area contributed by atoms with E-state index >= 15 is 0 Å². The van der Waals surface area contributed by atoms with Crippen LogP contribution < -0.4 is 5.32 Å². The maximum atomic E-state index is 3.55. The third-order valence-corrected chi connectivity index (χ3v) is 3.39. The number of nitrogens with one attached hydrogen (secondary N) is 1. The fraction of sp³-hybridized carbons (Fsp3) is 0.538. The van der Waals surface area contributed by atoms with Crippen molar-refractivity contribution in [3.63, 3.8) is 0 Å². The Morgan fingerprint density at radius 2 is 1.80 bits per heavy atom. The van der Waals surface area contributed by atoms with Crippen LogP contribution in [0.1, 0.15) is 38.8 Å². The lowest BCUT2D eigenvalue weighted by molar-refractivity contribution is 0.384. The molecule has 2 unspecified atom stereocenters. The molecule has 1 aromatic carbocycles. The van der Waals surface area contributed by atoms with Gasteiger partial charge in [-0.2, -0.15) is 0 Å². The van der Waals surface area contributed by atoms with Gasteiger partial charge in [0.05, 0.1) is 0 Å². The molecule has 0 aliphatic rings. The predicted molar refractivity (Wildman–Crippen MR) is 70.0 cm³/mol. The summed E-state index contributed by atoms with van der Waals surface area (Å²) in [6.07, 6.45) is 1.20. The largest absolute Gasteiger partial charge is 0.310 e. The molecule has 0 saturated carbocycles. The molecule has 1 rings (SSSR count). The Labute approximate surface area is 101 Å². The Balaban J connectivity index is 2.83. The summed E-state index contributed by atoms with van der Waals surface area (Å²) in [7, 11) is 0. The van der Waals surface area contributed by atoms with Crippen molar-refractivity contribution in [1.82, 2.24) is 5.32 Å². The van der Waals surface area contributed by atoms with Gasteiger partial charge < -0.3 is 5.32 Å². The molecule has 0 spiro atoms. The van der Waals surface area contributed by atoms with E-state index in [1.165, 1.54) is 12.0 Å². The lowest BCUT2D eigenvalue weighted by Gasteiger charge is -2.24. The van der Waals surface area contributed by atoms with Crippen LogP contribution in [0.4, 0.5) is 0 Å². The molecule has 0 aliphatic carbocycles. The lowest BCUT2D eigenvalue weighted by atomic mass is 9.92. The topological polar surface area (TPSA) is 12.0 Å². The third-order valence-electron chi connectivity index (χ3n) is 2.87. The monoisotopic (exact) mass is 269 g/mol. The Kier molecular flexibility index (Phi) is 5.34. The van der Waals surface area contributed by atoms with Gasteiger partial charge in [0.15, 0.2) is 0 Å². The van der Waals surface area contributed by atoms with Gasteiger partial charge >= 0.3 is 0 Å². The minimum absolute atomic E-state index is 0.480. The van der Waals surface area contributed by atoms with Crippen LogP contribution in [0.25, 0.3) is 0 Å². The molecule has 1 aromatic rings. The molecule has 2 atom stereocenters. The quantitative estimate of drug-likeness (QED) is 0.847. The van der Waals surface area contributed by atoms with Crippen molar-refractivity contribution < 1.29 is 0 Å². The third kappa shape index (κ3) is 3.62. The summed E-state index contributed by atoms with van der Waals surface area (Å²) in [5.41, 5.74) is 1.38. The molecule has 15 heavy (non-hydrogen) atoms. The van der Waals surface area contributed by atoms with Crippen LogP contribution >= 0.6 is 15.9 Å². The van der Waals surface area contributed by atoms with E-state index in [0.717, 1.165) is 11.0 Å². The molecule has 1 nitrogen and oxygen atoms in total. The van der Waals surface area contributed by atoms with Crippen LogP contribution in [0.3, 0.4) is 0 Å².